The van der Waals surface area contributed by atoms with Crippen molar-refractivity contribution in [2.75, 3.05) is 58.8 Å². The lowest BCUT2D eigenvalue weighted by Gasteiger charge is -2.30. The van der Waals surface area contributed by atoms with Crippen molar-refractivity contribution in [1.82, 2.24) is 14.3 Å². The molecule has 0 unspecified atom stereocenters. The first kappa shape index (κ1) is 33.2. The molecule has 0 aromatic heterocycles. The Balaban J connectivity index is 1.32. The Morgan fingerprint density at radius 2 is 1.37 bits per heavy atom. The summed E-state index contributed by atoms with van der Waals surface area (Å²) in [6, 6.07) is 17.5. The van der Waals surface area contributed by atoms with E-state index < -0.39 is 20.0 Å². The molecule has 0 atom stereocenters. The Morgan fingerprint density at radius 1 is 0.767 bits per heavy atom. The van der Waals surface area contributed by atoms with Crippen molar-refractivity contribution >= 4 is 36.5 Å². The van der Waals surface area contributed by atoms with Gasteiger partial charge in [0.1, 0.15) is 5.75 Å². The van der Waals surface area contributed by atoms with Crippen LogP contribution in [-0.2, 0) is 20.0 Å². The number of sulfonamides is 2. The maximum absolute atomic E-state index is 13.3. The fourth-order valence-corrected chi connectivity index (χ4v) is 8.22. The highest BCUT2D eigenvalue weighted by atomic mass is 32.2. The number of fused-ring (bicyclic) bond motifs is 1. The Morgan fingerprint density at radius 3 is 2.00 bits per heavy atom. The molecule has 4 rings (SSSR count). The first-order valence-electron chi connectivity index (χ1n) is 15.2. The summed E-state index contributed by atoms with van der Waals surface area (Å²) in [6.07, 6.45) is 7.54. The molecule has 0 aliphatic heterocycles. The van der Waals surface area contributed by atoms with E-state index in [1.807, 2.05) is 43.3 Å². The minimum atomic E-state index is -3.69. The first-order chi connectivity index (χ1) is 20.6. The molecule has 3 aromatic rings. The Hall–Kier alpha value is -2.70. The largest absolute Gasteiger partial charge is 0.497 e. The van der Waals surface area contributed by atoms with Gasteiger partial charge in [-0.05, 0) is 81.1 Å². The molecule has 9 nitrogen and oxygen atoms in total. The minimum Gasteiger partial charge on any atom is -0.497 e. The number of nitrogens with zero attached hydrogens (tertiary/aromatic N) is 2. The van der Waals surface area contributed by atoms with Crippen LogP contribution in [-0.4, -0.2) is 75.7 Å². The molecular weight excluding hydrogens is 585 g/mol. The quantitative estimate of drug-likeness (QED) is 0.218. The van der Waals surface area contributed by atoms with Gasteiger partial charge in [-0.25, -0.2) is 26.3 Å². The average molecular weight is 631 g/mol. The SMILES string of the molecule is COc1ccc(S(=O)(=O)NCCCN(CCCNS(=O)(=O)c2cccc3c(N(C)C)cccc23)CC2CCCCC2)cc1. The molecule has 0 bridgehead atoms. The summed E-state index contributed by atoms with van der Waals surface area (Å²) < 4.78 is 62.8. The molecule has 0 radical (unpaired) electrons. The molecule has 11 heteroatoms. The van der Waals surface area contributed by atoms with Crippen molar-refractivity contribution in [2.24, 2.45) is 5.92 Å². The fraction of sp³-hybridized carbons (Fsp3) is 0.500. The van der Waals surface area contributed by atoms with Crippen LogP contribution >= 0.6 is 0 Å². The van der Waals surface area contributed by atoms with Gasteiger partial charge in [0.25, 0.3) is 0 Å². The Labute approximate surface area is 257 Å². The maximum atomic E-state index is 13.3. The van der Waals surface area contributed by atoms with Crippen molar-refractivity contribution in [3.8, 4) is 5.75 Å². The van der Waals surface area contributed by atoms with Crippen LogP contribution in [0.3, 0.4) is 0 Å². The van der Waals surface area contributed by atoms with Crippen LogP contribution in [0.1, 0.15) is 44.9 Å². The molecule has 0 heterocycles. The molecule has 2 N–H and O–H groups in total. The molecule has 1 aliphatic carbocycles. The summed E-state index contributed by atoms with van der Waals surface area (Å²) in [4.78, 5) is 4.85. The van der Waals surface area contributed by atoms with Crippen LogP contribution in [0, 0.1) is 5.92 Å². The molecule has 1 aliphatic rings. The summed E-state index contributed by atoms with van der Waals surface area (Å²) in [5.41, 5.74) is 0.971. The zero-order valence-electron chi connectivity index (χ0n) is 25.6. The van der Waals surface area contributed by atoms with E-state index >= 15 is 0 Å². The molecular formula is C32H46N4O5S2. The van der Waals surface area contributed by atoms with Gasteiger partial charge in [0, 0.05) is 50.2 Å². The molecule has 236 valence electrons. The highest BCUT2D eigenvalue weighted by molar-refractivity contribution is 7.90. The smallest absolute Gasteiger partial charge is 0.241 e. The second kappa shape index (κ2) is 15.3. The lowest BCUT2D eigenvalue weighted by atomic mass is 9.89. The van der Waals surface area contributed by atoms with Gasteiger partial charge in [-0.1, -0.05) is 43.5 Å². The summed E-state index contributed by atoms with van der Waals surface area (Å²) in [6.45, 7) is 3.10. The van der Waals surface area contributed by atoms with Gasteiger partial charge in [0.15, 0.2) is 0 Å². The van der Waals surface area contributed by atoms with E-state index in [9.17, 15) is 16.8 Å². The van der Waals surface area contributed by atoms with Gasteiger partial charge >= 0.3 is 0 Å². The van der Waals surface area contributed by atoms with Crippen LogP contribution in [0.4, 0.5) is 5.69 Å². The lowest BCUT2D eigenvalue weighted by Crippen LogP contribution is -2.36. The predicted molar refractivity (Wildman–Crippen MR) is 174 cm³/mol. The average Bonchev–Trinajstić information content (AvgIpc) is 3.01. The van der Waals surface area contributed by atoms with E-state index in [2.05, 4.69) is 14.3 Å². The molecule has 43 heavy (non-hydrogen) atoms. The lowest BCUT2D eigenvalue weighted by molar-refractivity contribution is 0.197. The van der Waals surface area contributed by atoms with Gasteiger partial charge in [0.05, 0.1) is 16.9 Å². The van der Waals surface area contributed by atoms with E-state index in [0.717, 1.165) is 30.7 Å². The first-order valence-corrected chi connectivity index (χ1v) is 18.1. The topological polar surface area (TPSA) is 108 Å². The van der Waals surface area contributed by atoms with E-state index in [1.165, 1.54) is 44.2 Å². The highest BCUT2D eigenvalue weighted by Gasteiger charge is 2.20. The van der Waals surface area contributed by atoms with E-state index in [1.54, 1.807) is 31.4 Å². The fourth-order valence-electron chi connectivity index (χ4n) is 5.85. The van der Waals surface area contributed by atoms with Crippen LogP contribution in [0.2, 0.25) is 0 Å². The van der Waals surface area contributed by atoms with Crippen molar-refractivity contribution < 1.29 is 21.6 Å². The Kier molecular flexibility index (Phi) is 11.8. The van der Waals surface area contributed by atoms with Gasteiger partial charge < -0.3 is 14.5 Å². The normalized spacial score (nSPS) is 14.8. The molecule has 0 amide bonds. The van der Waals surface area contributed by atoms with Gasteiger partial charge in [-0.15, -0.1) is 0 Å². The van der Waals surface area contributed by atoms with E-state index in [0.29, 0.717) is 43.0 Å². The van der Waals surface area contributed by atoms with Crippen LogP contribution < -0.4 is 19.1 Å². The summed E-state index contributed by atoms with van der Waals surface area (Å²) in [7, 11) is -1.86. The predicted octanol–water partition coefficient (Wildman–Crippen LogP) is 4.83. The molecule has 0 saturated heterocycles. The third-order valence-electron chi connectivity index (χ3n) is 8.13. The second-order valence-corrected chi connectivity index (χ2v) is 15.0. The van der Waals surface area contributed by atoms with Gasteiger partial charge in [-0.2, -0.15) is 0 Å². The van der Waals surface area contributed by atoms with Crippen molar-refractivity contribution in [3.05, 3.63) is 60.7 Å². The molecule has 1 saturated carbocycles. The van der Waals surface area contributed by atoms with Crippen molar-refractivity contribution in [3.63, 3.8) is 0 Å². The van der Waals surface area contributed by atoms with E-state index in [4.69, 9.17) is 4.74 Å². The Bertz CT molecular complexity index is 1540. The summed E-state index contributed by atoms with van der Waals surface area (Å²) in [5, 5.41) is 1.61. The monoisotopic (exact) mass is 630 g/mol. The number of anilines is 1. The second-order valence-electron chi connectivity index (χ2n) is 11.5. The number of hydrogen-bond acceptors (Lipinski definition) is 7. The molecule has 0 spiro atoms. The van der Waals surface area contributed by atoms with Crippen LogP contribution in [0.5, 0.6) is 5.75 Å². The van der Waals surface area contributed by atoms with Gasteiger partial charge in [0.2, 0.25) is 20.0 Å². The number of hydrogen-bond donors (Lipinski definition) is 2. The standard InChI is InChI=1S/C32H46N4O5S2/c1-35(2)31-15-7-14-30-29(31)13-8-16-32(30)43(39,40)34-22-10-24-36(25-26-11-5-4-6-12-26)23-9-21-33-42(37,38)28-19-17-27(41-3)18-20-28/h7-8,13-20,26,33-34H,4-6,9-12,21-25H2,1-3H3. The zero-order chi connectivity index (χ0) is 30.9. The third-order valence-corrected chi connectivity index (χ3v) is 11.1. The third kappa shape index (κ3) is 9.15. The van der Waals surface area contributed by atoms with Crippen LogP contribution in [0.25, 0.3) is 10.8 Å². The summed E-state index contributed by atoms with van der Waals surface area (Å²) in [5.74, 6) is 1.23. The number of benzene rings is 3. The van der Waals surface area contributed by atoms with Crippen LogP contribution in [0.15, 0.2) is 70.5 Å². The highest BCUT2D eigenvalue weighted by Crippen LogP contribution is 2.30. The number of ether oxygens (including phenoxy) is 1. The molecule has 3 aromatic carbocycles. The zero-order valence-corrected chi connectivity index (χ0v) is 27.2. The number of rotatable bonds is 16. The molecule has 1 fully saturated rings. The summed E-state index contributed by atoms with van der Waals surface area (Å²) >= 11 is 0. The maximum Gasteiger partial charge on any atom is 0.241 e. The van der Waals surface area contributed by atoms with Crippen molar-refractivity contribution in [2.45, 2.75) is 54.7 Å². The van der Waals surface area contributed by atoms with Crippen molar-refractivity contribution in [1.29, 1.82) is 0 Å². The number of nitrogens with one attached hydrogen (secondary N) is 2. The van der Waals surface area contributed by atoms with E-state index in [-0.39, 0.29) is 9.79 Å². The van der Waals surface area contributed by atoms with Gasteiger partial charge in [-0.3, -0.25) is 0 Å². The number of methoxy groups -OCH3 is 1. The minimum absolute atomic E-state index is 0.212.